The number of aromatic nitrogens is 2. The lowest BCUT2D eigenvalue weighted by molar-refractivity contribution is -0.155. The molecule has 8 aliphatic carbocycles. The van der Waals surface area contributed by atoms with E-state index in [9.17, 15) is 54.4 Å². The fourth-order valence-corrected chi connectivity index (χ4v) is 23.8. The lowest BCUT2D eigenvalue weighted by Crippen LogP contribution is -2.47. The van der Waals surface area contributed by atoms with E-state index in [2.05, 4.69) is 23.3 Å². The molecule has 2 aromatic heterocycles. The number of ether oxygens (including phenoxy) is 6. The van der Waals surface area contributed by atoms with Crippen LogP contribution >= 0.6 is 0 Å². The predicted molar refractivity (Wildman–Crippen MR) is 457 cm³/mol. The van der Waals surface area contributed by atoms with Crippen LogP contribution in [0.5, 0.6) is 23.3 Å². The number of amides is 4. The third-order valence-corrected chi connectivity index (χ3v) is 32.6. The minimum atomic E-state index is -3.89. The van der Waals surface area contributed by atoms with Crippen molar-refractivity contribution in [1.82, 2.24) is 29.2 Å². The van der Waals surface area contributed by atoms with Gasteiger partial charge in [-0.2, -0.15) is 0 Å². The van der Waals surface area contributed by atoms with Gasteiger partial charge in [-0.05, 0) is 283 Å². The van der Waals surface area contributed by atoms with Crippen molar-refractivity contribution >= 4 is 88.7 Å². The Morgan fingerprint density at radius 3 is 1.22 bits per heavy atom. The SMILES string of the molecule is COc1ccc2c(O[C@@H]3C[C@H]4C(=O)C[C@]5(C(=O)NS(=O)(=O)C6CC6)C[C@H]5/C=C\CC[C@@H](C)C[C@@H](C)[C@H](CC(=O)OC5C[C@@H]6C[C@@H]6C5)C(=O)N4C3)nc(-c3ccc(F)cc3)cc2c1.COc1ccc2c(O[C@@H]3C[C@H]4C(=O)C[C@]5(C(=O)NS(=O)(=O)C6CC6)C[C@H]5/C=C\CC[C@H](C)C[C@@H](C)[C@H](CC(=O)OC5C[C@@H]6C[C@@H]6C5)C(=O)N4C3)nc(-c3ccc(F)cc3)cc2c1. The van der Waals surface area contributed by atoms with Crippen molar-refractivity contribution < 1.29 is 92.4 Å². The summed E-state index contributed by atoms with van der Waals surface area (Å²) in [6.45, 7) is 8.26. The van der Waals surface area contributed by atoms with E-state index >= 15 is 9.59 Å². The van der Waals surface area contributed by atoms with Crippen LogP contribution in [0.25, 0.3) is 44.1 Å². The van der Waals surface area contributed by atoms with Crippen molar-refractivity contribution in [2.75, 3.05) is 27.3 Å². The third kappa shape index (κ3) is 19.0. The Morgan fingerprint density at radius 2 is 0.855 bits per heavy atom. The van der Waals surface area contributed by atoms with E-state index in [1.165, 1.54) is 46.9 Å². The first-order valence-electron chi connectivity index (χ1n) is 44.7. The number of pyridine rings is 2. The maximum atomic E-state index is 15.2. The van der Waals surface area contributed by atoms with Gasteiger partial charge in [0, 0.05) is 47.6 Å². The summed E-state index contributed by atoms with van der Waals surface area (Å²) in [6.07, 6.45) is 18.3. The van der Waals surface area contributed by atoms with E-state index in [-0.39, 0.29) is 146 Å². The van der Waals surface area contributed by atoms with Gasteiger partial charge >= 0.3 is 11.9 Å². The zero-order chi connectivity index (χ0) is 87.0. The summed E-state index contributed by atoms with van der Waals surface area (Å²) in [5, 5.41) is 1.58. The standard InChI is InChI=1S/2C48H56FN3O9S/c2*1-27-6-4-5-7-33-24-48(33,47(56)51-62(57,58)38-13-14-38)25-43(53)42-22-37(26-52(42)46(55)40(28(2)16-27)23-44(54)60-36-18-30-17-31(30)19-36)61-45-39-15-12-35(59-3)20-32(39)21-41(50-45)29-8-10-34(49)11-9-29/h2*5,7-12,15,20-21,27-28,30-31,33,36-38,40,42H,4,6,13-14,16-19,22-26H2,1-3H3,(H,51,56)/b2*7-5-/t27-,28+,30-,31+,33+,36?,37+,40-,42-,48+;27-,28-,30-,31+,33-,36?,37-,40+,42+,48-/m01/s1. The summed E-state index contributed by atoms with van der Waals surface area (Å²) < 4.78 is 121. The Labute approximate surface area is 722 Å². The van der Waals surface area contributed by atoms with Crippen molar-refractivity contribution in [2.24, 2.45) is 81.8 Å². The summed E-state index contributed by atoms with van der Waals surface area (Å²) in [7, 11) is -4.64. The van der Waals surface area contributed by atoms with Crippen molar-refractivity contribution in [3.05, 3.63) is 133 Å². The van der Waals surface area contributed by atoms with Gasteiger partial charge in [0.05, 0.1) is 96.8 Å². The Hall–Kier alpha value is -9.70. The lowest BCUT2D eigenvalue weighted by atomic mass is 9.82. The number of sulfonamides is 2. The van der Waals surface area contributed by atoms with E-state index in [4.69, 9.17) is 38.4 Å². The number of nitrogens with one attached hydrogen (secondary N) is 2. The highest BCUT2D eigenvalue weighted by Crippen LogP contribution is 2.60. The number of hydrogen-bond donors (Lipinski definition) is 2. The molecule has 0 bridgehead atoms. The largest absolute Gasteiger partial charge is 0.497 e. The number of allylic oxidation sites excluding steroid dienone is 4. The number of carbonyl (C=O) groups excluding carboxylic acids is 8. The molecule has 10 fully saturated rings. The fraction of sp³-hybridized carbons (Fsp3) is 0.562. The molecule has 2 N–H and O–H groups in total. The number of methoxy groups -OCH3 is 2. The molecule has 8 saturated carbocycles. The molecule has 4 amide bonds. The first-order valence-corrected chi connectivity index (χ1v) is 47.8. The van der Waals surface area contributed by atoms with Gasteiger partial charge in [0.15, 0.2) is 11.6 Å². The van der Waals surface area contributed by atoms with E-state index < -0.39 is 101 Å². The Balaban J connectivity index is 0.000000176. The maximum Gasteiger partial charge on any atom is 0.306 e. The lowest BCUT2D eigenvalue weighted by Gasteiger charge is -2.32. The highest BCUT2D eigenvalue weighted by Gasteiger charge is 2.64. The second kappa shape index (κ2) is 34.9. The van der Waals surface area contributed by atoms with Crippen molar-refractivity contribution in [2.45, 2.75) is 229 Å². The minimum Gasteiger partial charge on any atom is -0.497 e. The average Bonchev–Trinajstić information content (AvgIpc) is 1.57. The molecule has 18 rings (SSSR count). The molecule has 660 valence electrons. The molecule has 24 nitrogen and oxygen atoms in total. The number of benzene rings is 4. The molecule has 6 aromatic rings. The predicted octanol–water partition coefficient (Wildman–Crippen LogP) is 14.7. The molecule has 28 heteroatoms. The molecule has 0 radical (unpaired) electrons. The van der Waals surface area contributed by atoms with Crippen molar-refractivity contribution in [3.8, 4) is 45.8 Å². The highest BCUT2D eigenvalue weighted by atomic mass is 32.2. The molecule has 2 saturated heterocycles. The molecule has 4 aliphatic heterocycles. The molecular weight excluding hydrogens is 1630 g/mol. The van der Waals surface area contributed by atoms with Crippen molar-refractivity contribution in [3.63, 3.8) is 0 Å². The summed E-state index contributed by atoms with van der Waals surface area (Å²) >= 11 is 0. The fourth-order valence-electron chi connectivity index (χ4n) is 21.0. The average molecular weight is 1740 g/mol. The number of hydrogen-bond acceptors (Lipinski definition) is 20. The molecular formula is C96H112F2N6O18S2. The number of ketones is 2. The quantitative estimate of drug-likeness (QED) is 0.0530. The summed E-state index contributed by atoms with van der Waals surface area (Å²) in [4.78, 5) is 128. The van der Waals surface area contributed by atoms with E-state index in [1.54, 1.807) is 50.6 Å². The Bertz CT molecular complexity index is 5120. The monoisotopic (exact) mass is 1740 g/mol. The van der Waals surface area contributed by atoms with Gasteiger partial charge in [-0.3, -0.25) is 47.8 Å². The van der Waals surface area contributed by atoms with Crippen LogP contribution in [0, 0.1) is 93.5 Å². The summed E-state index contributed by atoms with van der Waals surface area (Å²) in [5.41, 5.74) is -0.231. The van der Waals surface area contributed by atoms with Crippen LogP contribution in [0.2, 0.25) is 0 Å². The topological polar surface area (TPSA) is 317 Å². The number of halogens is 2. The number of rotatable bonds is 20. The van der Waals surface area contributed by atoms with Gasteiger partial charge < -0.3 is 38.2 Å². The van der Waals surface area contributed by atoms with E-state index in [1.807, 2.05) is 74.5 Å². The number of esters is 2. The van der Waals surface area contributed by atoms with Crippen LogP contribution in [-0.4, -0.2) is 158 Å². The van der Waals surface area contributed by atoms with Gasteiger partial charge in [0.1, 0.15) is 47.5 Å². The van der Waals surface area contributed by atoms with Crippen LogP contribution in [0.3, 0.4) is 0 Å². The summed E-state index contributed by atoms with van der Waals surface area (Å²) in [6, 6.07) is 24.5. The smallest absolute Gasteiger partial charge is 0.306 e. The molecule has 0 spiro atoms. The van der Waals surface area contributed by atoms with Crippen LogP contribution in [-0.2, 0) is 67.9 Å². The molecule has 6 heterocycles. The number of carbonyl (C=O) groups is 8. The number of nitrogens with zero attached hydrogens (tertiary/aromatic N) is 4. The zero-order valence-corrected chi connectivity index (χ0v) is 72.8. The normalized spacial score (nSPS) is 32.7. The van der Waals surface area contributed by atoms with Gasteiger partial charge in [0.2, 0.25) is 55.4 Å². The maximum absolute atomic E-state index is 15.2. The number of fused-ring (bicyclic) bond motifs is 8. The molecule has 124 heavy (non-hydrogen) atoms. The molecule has 2 unspecified atom stereocenters. The van der Waals surface area contributed by atoms with Crippen LogP contribution in [0.1, 0.15) is 182 Å². The zero-order valence-electron chi connectivity index (χ0n) is 71.2. The number of Topliss-reactive ketones (excluding diaryl/α,β-unsaturated/α-hetero) is 2. The van der Waals surface area contributed by atoms with Crippen LogP contribution < -0.4 is 28.4 Å². The van der Waals surface area contributed by atoms with E-state index in [0.29, 0.717) is 133 Å². The first kappa shape index (κ1) is 86.4. The van der Waals surface area contributed by atoms with Crippen molar-refractivity contribution in [1.29, 1.82) is 0 Å². The molecule has 12 aliphatic rings. The van der Waals surface area contributed by atoms with Gasteiger partial charge in [0.25, 0.3) is 0 Å². The van der Waals surface area contributed by atoms with Gasteiger partial charge in [-0.1, -0.05) is 52.0 Å². The first-order chi connectivity index (χ1) is 59.4. The second-order valence-electron chi connectivity index (χ2n) is 38.3. The molecule has 20 atom stereocenters. The third-order valence-electron chi connectivity index (χ3n) is 28.9. The van der Waals surface area contributed by atoms with Gasteiger partial charge in [-0.15, -0.1) is 0 Å². The second-order valence-corrected chi connectivity index (χ2v) is 42.2. The Morgan fingerprint density at radius 1 is 0.476 bits per heavy atom. The Kier molecular flexibility index (Phi) is 24.3. The molecule has 4 aromatic carbocycles. The summed E-state index contributed by atoms with van der Waals surface area (Å²) in [5.74, 6) is -2.53. The van der Waals surface area contributed by atoms with Gasteiger partial charge in [-0.25, -0.2) is 35.6 Å². The highest BCUT2D eigenvalue weighted by molar-refractivity contribution is 7.91. The van der Waals surface area contributed by atoms with Crippen LogP contribution in [0.15, 0.2) is 121 Å². The minimum absolute atomic E-state index is 0.00768. The van der Waals surface area contributed by atoms with Crippen LogP contribution in [0.4, 0.5) is 8.78 Å². The van der Waals surface area contributed by atoms with E-state index in [0.717, 1.165) is 49.3 Å².